The molecule has 1 atom stereocenters. The molecular weight excluding hydrogens is 411 g/mol. The molecule has 31 heavy (non-hydrogen) atoms. The molecule has 3 aromatic rings. The molecule has 0 aliphatic rings. The first-order valence-electron chi connectivity index (χ1n) is 9.18. The summed E-state index contributed by atoms with van der Waals surface area (Å²) in [6.45, 7) is -0.251. The Hall–Kier alpha value is -3.65. The van der Waals surface area contributed by atoms with Gasteiger partial charge in [-0.1, -0.05) is 54.6 Å². The Balaban J connectivity index is 1.79. The van der Waals surface area contributed by atoms with Crippen molar-refractivity contribution in [3.8, 4) is 11.1 Å². The van der Waals surface area contributed by atoms with Crippen LogP contribution in [0.25, 0.3) is 11.1 Å². The van der Waals surface area contributed by atoms with E-state index in [-0.39, 0.29) is 12.2 Å². The van der Waals surface area contributed by atoms with Gasteiger partial charge in [0.25, 0.3) is 0 Å². The zero-order chi connectivity index (χ0) is 22.6. The van der Waals surface area contributed by atoms with Crippen molar-refractivity contribution >= 4 is 11.9 Å². The van der Waals surface area contributed by atoms with Crippen LogP contribution in [-0.2, 0) is 22.3 Å². The van der Waals surface area contributed by atoms with Crippen LogP contribution < -0.4 is 5.73 Å². The highest BCUT2D eigenvalue weighted by atomic mass is 19.4. The summed E-state index contributed by atoms with van der Waals surface area (Å²) in [5.74, 6) is -1.91. The van der Waals surface area contributed by atoms with E-state index in [1.807, 2.05) is 0 Å². The quantitative estimate of drug-likeness (QED) is 0.549. The SMILES string of the molecule is NC(C(=O)OCc1ccc(C(F)(F)F)cc1)c1ccccc1-c1ccccc1C(=O)O. The van der Waals surface area contributed by atoms with Crippen LogP contribution in [0.15, 0.2) is 72.8 Å². The van der Waals surface area contributed by atoms with E-state index in [4.69, 9.17) is 10.5 Å². The van der Waals surface area contributed by atoms with Crippen molar-refractivity contribution in [2.24, 2.45) is 5.73 Å². The Morgan fingerprint density at radius 1 is 0.903 bits per heavy atom. The fourth-order valence-electron chi connectivity index (χ4n) is 3.08. The number of carboxylic acid groups (broad SMARTS) is 1. The molecule has 3 aromatic carbocycles. The van der Waals surface area contributed by atoms with Crippen LogP contribution in [0.3, 0.4) is 0 Å². The van der Waals surface area contributed by atoms with E-state index in [0.29, 0.717) is 22.3 Å². The Labute approximate surface area is 175 Å². The monoisotopic (exact) mass is 429 g/mol. The molecule has 0 bridgehead atoms. The first-order valence-corrected chi connectivity index (χ1v) is 9.18. The van der Waals surface area contributed by atoms with Gasteiger partial charge >= 0.3 is 18.1 Å². The van der Waals surface area contributed by atoms with E-state index in [2.05, 4.69) is 0 Å². The maximum Gasteiger partial charge on any atom is 0.416 e. The third kappa shape index (κ3) is 5.10. The second-order valence-electron chi connectivity index (χ2n) is 6.72. The number of hydrogen-bond donors (Lipinski definition) is 2. The van der Waals surface area contributed by atoms with Gasteiger partial charge in [-0.15, -0.1) is 0 Å². The van der Waals surface area contributed by atoms with Gasteiger partial charge in [0.2, 0.25) is 0 Å². The van der Waals surface area contributed by atoms with Crippen LogP contribution in [0.2, 0.25) is 0 Å². The minimum Gasteiger partial charge on any atom is -0.478 e. The van der Waals surface area contributed by atoms with E-state index in [0.717, 1.165) is 12.1 Å². The molecule has 0 amide bonds. The van der Waals surface area contributed by atoms with Crippen molar-refractivity contribution < 1.29 is 32.6 Å². The van der Waals surface area contributed by atoms with Gasteiger partial charge in [0, 0.05) is 0 Å². The zero-order valence-corrected chi connectivity index (χ0v) is 16.1. The number of ether oxygens (including phenoxy) is 1. The van der Waals surface area contributed by atoms with Gasteiger partial charge in [-0.3, -0.25) is 0 Å². The van der Waals surface area contributed by atoms with Gasteiger partial charge in [-0.05, 0) is 40.5 Å². The fourth-order valence-corrected chi connectivity index (χ4v) is 3.08. The molecule has 0 aliphatic heterocycles. The minimum atomic E-state index is -4.45. The molecule has 3 N–H and O–H groups in total. The van der Waals surface area contributed by atoms with Crippen molar-refractivity contribution in [2.75, 3.05) is 0 Å². The molecule has 0 aromatic heterocycles. The van der Waals surface area contributed by atoms with E-state index in [1.165, 1.54) is 18.2 Å². The number of esters is 1. The third-order valence-corrected chi connectivity index (χ3v) is 4.66. The third-order valence-electron chi connectivity index (χ3n) is 4.66. The number of alkyl halides is 3. The molecule has 8 heteroatoms. The summed E-state index contributed by atoms with van der Waals surface area (Å²) in [5, 5.41) is 9.45. The molecule has 0 heterocycles. The Kier molecular flexibility index (Phi) is 6.41. The number of nitrogens with two attached hydrogens (primary N) is 1. The molecular formula is C23H18F3NO4. The smallest absolute Gasteiger partial charge is 0.416 e. The number of halogens is 3. The van der Waals surface area contributed by atoms with Crippen LogP contribution in [0.4, 0.5) is 13.2 Å². The summed E-state index contributed by atoms with van der Waals surface area (Å²) >= 11 is 0. The zero-order valence-electron chi connectivity index (χ0n) is 16.1. The summed E-state index contributed by atoms with van der Waals surface area (Å²) in [7, 11) is 0. The maximum absolute atomic E-state index is 12.6. The lowest BCUT2D eigenvalue weighted by molar-refractivity contribution is -0.146. The molecule has 160 valence electrons. The number of rotatable bonds is 6. The Morgan fingerprint density at radius 3 is 2.10 bits per heavy atom. The normalized spacial score (nSPS) is 12.3. The molecule has 1 unspecified atom stereocenters. The lowest BCUT2D eigenvalue weighted by Crippen LogP contribution is -2.24. The highest BCUT2D eigenvalue weighted by molar-refractivity contribution is 5.97. The molecule has 0 saturated heterocycles. The number of aromatic carboxylic acids is 1. The van der Waals surface area contributed by atoms with Crippen molar-refractivity contribution in [3.05, 3.63) is 95.1 Å². The summed E-state index contributed by atoms with van der Waals surface area (Å²) in [5.41, 5.74) is 6.95. The lowest BCUT2D eigenvalue weighted by atomic mass is 9.92. The summed E-state index contributed by atoms with van der Waals surface area (Å²) in [4.78, 5) is 24.1. The molecule has 0 radical (unpaired) electrons. The van der Waals surface area contributed by atoms with Crippen LogP contribution >= 0.6 is 0 Å². The summed E-state index contributed by atoms with van der Waals surface area (Å²) < 4.78 is 43.1. The predicted molar refractivity (Wildman–Crippen MR) is 107 cm³/mol. The second kappa shape index (κ2) is 9.01. The number of carboxylic acids is 1. The summed E-state index contributed by atoms with van der Waals surface area (Å²) in [6.07, 6.45) is -4.45. The largest absolute Gasteiger partial charge is 0.478 e. The van der Waals surface area contributed by atoms with Crippen LogP contribution in [-0.4, -0.2) is 17.0 Å². The van der Waals surface area contributed by atoms with Gasteiger partial charge in [0.15, 0.2) is 0 Å². The van der Waals surface area contributed by atoms with Gasteiger partial charge in [0.05, 0.1) is 11.1 Å². The maximum atomic E-state index is 12.6. The van der Waals surface area contributed by atoms with Crippen LogP contribution in [0, 0.1) is 0 Å². The molecule has 0 saturated carbocycles. The van der Waals surface area contributed by atoms with E-state index < -0.39 is 29.7 Å². The van der Waals surface area contributed by atoms with Crippen molar-refractivity contribution in [2.45, 2.75) is 18.8 Å². The number of benzene rings is 3. The molecule has 0 fully saturated rings. The molecule has 5 nitrogen and oxygen atoms in total. The highest BCUT2D eigenvalue weighted by Crippen LogP contribution is 2.31. The fraction of sp³-hybridized carbons (Fsp3) is 0.130. The average Bonchev–Trinajstić information content (AvgIpc) is 2.76. The first-order chi connectivity index (χ1) is 14.7. The van der Waals surface area contributed by atoms with Crippen LogP contribution in [0.1, 0.15) is 33.1 Å². The standard InChI is InChI=1S/C23H18F3NO4/c24-23(25,26)15-11-9-14(10-12-15)13-31-22(30)20(27)18-7-3-1-5-16(18)17-6-2-4-8-19(17)21(28)29/h1-12,20H,13,27H2,(H,28,29). The molecule has 0 spiro atoms. The Morgan fingerprint density at radius 2 is 1.48 bits per heavy atom. The second-order valence-corrected chi connectivity index (χ2v) is 6.72. The highest BCUT2D eigenvalue weighted by Gasteiger charge is 2.30. The molecule has 0 aliphatic carbocycles. The predicted octanol–water partition coefficient (Wildman–Crippen LogP) is 4.81. The van der Waals surface area contributed by atoms with Crippen molar-refractivity contribution in [1.82, 2.24) is 0 Å². The minimum absolute atomic E-state index is 0.0558. The first kappa shape index (κ1) is 22.0. The number of hydrogen-bond acceptors (Lipinski definition) is 4. The van der Waals surface area contributed by atoms with Crippen molar-refractivity contribution in [3.63, 3.8) is 0 Å². The van der Waals surface area contributed by atoms with Gasteiger partial charge in [-0.25, -0.2) is 9.59 Å². The van der Waals surface area contributed by atoms with E-state index in [1.54, 1.807) is 42.5 Å². The van der Waals surface area contributed by atoms with Gasteiger partial charge in [-0.2, -0.15) is 13.2 Å². The van der Waals surface area contributed by atoms with Gasteiger partial charge in [0.1, 0.15) is 12.6 Å². The summed E-state index contributed by atoms with van der Waals surface area (Å²) in [6, 6.07) is 16.0. The topological polar surface area (TPSA) is 89.6 Å². The lowest BCUT2D eigenvalue weighted by Gasteiger charge is -2.17. The van der Waals surface area contributed by atoms with Crippen LogP contribution in [0.5, 0.6) is 0 Å². The van der Waals surface area contributed by atoms with Crippen molar-refractivity contribution in [1.29, 1.82) is 0 Å². The van der Waals surface area contributed by atoms with E-state index in [9.17, 15) is 27.9 Å². The Bertz CT molecular complexity index is 1090. The molecule has 3 rings (SSSR count). The number of carbonyl (C=O) groups is 2. The van der Waals surface area contributed by atoms with Gasteiger partial charge < -0.3 is 15.6 Å². The number of carbonyl (C=O) groups excluding carboxylic acids is 1. The average molecular weight is 429 g/mol. The van der Waals surface area contributed by atoms with E-state index >= 15 is 0 Å².